The van der Waals surface area contributed by atoms with Gasteiger partial charge < -0.3 is 15.4 Å². The Labute approximate surface area is 116 Å². The zero-order valence-corrected chi connectivity index (χ0v) is 12.0. The zero-order valence-electron chi connectivity index (χ0n) is 12.0. The topological polar surface area (TPSA) is 41.7 Å². The number of likely N-dealkylation sites (N-methyl/N-ethyl adjacent to an activating group) is 1. The number of nitrogens with two attached hydrogens (primary N) is 1. The summed E-state index contributed by atoms with van der Waals surface area (Å²) in [5.41, 5.74) is 7.48. The van der Waals surface area contributed by atoms with Crippen LogP contribution in [0.2, 0.25) is 0 Å². The smallest absolute Gasteiger partial charge is 0.122 e. The second-order valence-electron chi connectivity index (χ2n) is 5.38. The fourth-order valence-electron chi connectivity index (χ4n) is 2.58. The molecule has 1 aromatic carbocycles. The second kappa shape index (κ2) is 6.89. The van der Waals surface area contributed by atoms with Crippen LogP contribution in [0, 0.1) is 0 Å². The number of nitrogens with zero attached hydrogens (tertiary/aromatic N) is 2. The monoisotopic (exact) mass is 263 g/mol. The van der Waals surface area contributed by atoms with Gasteiger partial charge in [0.1, 0.15) is 5.75 Å². The number of piperazine rings is 1. The van der Waals surface area contributed by atoms with Crippen molar-refractivity contribution in [3.63, 3.8) is 0 Å². The van der Waals surface area contributed by atoms with Gasteiger partial charge in [0.2, 0.25) is 0 Å². The fraction of sp³-hybridized carbons (Fsp3) is 0.600. The van der Waals surface area contributed by atoms with Crippen molar-refractivity contribution in [2.75, 3.05) is 46.9 Å². The third-order valence-electron chi connectivity index (χ3n) is 3.76. The molecule has 1 aliphatic rings. The maximum atomic E-state index is 6.28. The van der Waals surface area contributed by atoms with E-state index in [9.17, 15) is 0 Å². The maximum Gasteiger partial charge on any atom is 0.122 e. The quantitative estimate of drug-likeness (QED) is 0.854. The van der Waals surface area contributed by atoms with Crippen molar-refractivity contribution in [2.24, 2.45) is 5.73 Å². The number of rotatable bonds is 5. The highest BCUT2D eigenvalue weighted by Crippen LogP contribution is 2.18. The molecule has 1 atom stereocenters. The molecular weight excluding hydrogens is 238 g/mol. The first kappa shape index (κ1) is 14.3. The molecule has 0 amide bonds. The second-order valence-corrected chi connectivity index (χ2v) is 5.38. The molecule has 0 spiro atoms. The van der Waals surface area contributed by atoms with E-state index in [0.717, 1.165) is 44.9 Å². The number of ether oxygens (including phenoxy) is 1. The van der Waals surface area contributed by atoms with Gasteiger partial charge in [0.25, 0.3) is 0 Å². The number of hydrogen-bond acceptors (Lipinski definition) is 4. The standard InChI is InChI=1S/C15H25N3O/c1-17-7-9-18(10-8-17)12-14(16)11-13-5-3-4-6-15(13)19-2/h3-6,14H,7-12,16H2,1-2H3. The van der Waals surface area contributed by atoms with Gasteiger partial charge in [-0.3, -0.25) is 4.90 Å². The van der Waals surface area contributed by atoms with Gasteiger partial charge in [-0.25, -0.2) is 0 Å². The van der Waals surface area contributed by atoms with E-state index in [1.54, 1.807) is 7.11 Å². The molecule has 0 bridgehead atoms. The Balaban J connectivity index is 1.85. The molecule has 0 radical (unpaired) electrons. The Bertz CT molecular complexity index is 389. The summed E-state index contributed by atoms with van der Waals surface area (Å²) in [6, 6.07) is 8.30. The molecule has 106 valence electrons. The number of hydrogen-bond donors (Lipinski definition) is 1. The lowest BCUT2D eigenvalue weighted by Gasteiger charge is -2.33. The summed E-state index contributed by atoms with van der Waals surface area (Å²) in [7, 11) is 3.89. The van der Waals surface area contributed by atoms with Gasteiger partial charge in [-0.15, -0.1) is 0 Å². The number of methoxy groups -OCH3 is 1. The van der Waals surface area contributed by atoms with Crippen LogP contribution < -0.4 is 10.5 Å². The van der Waals surface area contributed by atoms with Crippen LogP contribution in [0.3, 0.4) is 0 Å². The predicted octanol–water partition coefficient (Wildman–Crippen LogP) is 0.812. The molecule has 2 N–H and O–H groups in total. The SMILES string of the molecule is COc1ccccc1CC(N)CN1CCN(C)CC1. The molecule has 1 saturated heterocycles. The van der Waals surface area contributed by atoms with Gasteiger partial charge in [0.15, 0.2) is 0 Å². The van der Waals surface area contributed by atoms with Crippen LogP contribution in [0.25, 0.3) is 0 Å². The van der Waals surface area contributed by atoms with Crippen molar-refractivity contribution < 1.29 is 4.74 Å². The van der Waals surface area contributed by atoms with Crippen LogP contribution in [-0.2, 0) is 6.42 Å². The molecule has 19 heavy (non-hydrogen) atoms. The van der Waals surface area contributed by atoms with Crippen molar-refractivity contribution >= 4 is 0 Å². The molecule has 0 saturated carbocycles. The number of para-hydroxylation sites is 1. The first-order valence-electron chi connectivity index (χ1n) is 6.97. The molecule has 0 aliphatic carbocycles. The largest absolute Gasteiger partial charge is 0.496 e. The van der Waals surface area contributed by atoms with Crippen molar-refractivity contribution in [3.05, 3.63) is 29.8 Å². The third kappa shape index (κ3) is 4.20. The minimum Gasteiger partial charge on any atom is -0.496 e. The van der Waals surface area contributed by atoms with E-state index in [1.165, 1.54) is 5.56 Å². The van der Waals surface area contributed by atoms with Crippen LogP contribution in [0.5, 0.6) is 5.75 Å². The third-order valence-corrected chi connectivity index (χ3v) is 3.76. The van der Waals surface area contributed by atoms with Gasteiger partial charge >= 0.3 is 0 Å². The van der Waals surface area contributed by atoms with E-state index in [4.69, 9.17) is 10.5 Å². The summed E-state index contributed by atoms with van der Waals surface area (Å²) in [6.45, 7) is 5.49. The van der Waals surface area contributed by atoms with Crippen molar-refractivity contribution in [2.45, 2.75) is 12.5 Å². The molecule has 0 aromatic heterocycles. The summed E-state index contributed by atoms with van der Waals surface area (Å²) < 4.78 is 5.37. The first-order valence-corrected chi connectivity index (χ1v) is 6.97. The Kier molecular flexibility index (Phi) is 5.19. The Hall–Kier alpha value is -1.10. The lowest BCUT2D eigenvalue weighted by Crippen LogP contribution is -2.49. The van der Waals surface area contributed by atoms with E-state index in [2.05, 4.69) is 22.9 Å². The molecular formula is C15H25N3O. The average molecular weight is 263 g/mol. The highest BCUT2D eigenvalue weighted by molar-refractivity contribution is 5.33. The molecule has 1 heterocycles. The summed E-state index contributed by atoms with van der Waals surface area (Å²) >= 11 is 0. The predicted molar refractivity (Wildman–Crippen MR) is 78.6 cm³/mol. The van der Waals surface area contributed by atoms with E-state index >= 15 is 0 Å². The molecule has 2 rings (SSSR count). The number of benzene rings is 1. The molecule has 1 fully saturated rings. The Morgan fingerprint density at radius 1 is 1.21 bits per heavy atom. The van der Waals surface area contributed by atoms with E-state index in [1.807, 2.05) is 18.2 Å². The van der Waals surface area contributed by atoms with Crippen LogP contribution in [0.1, 0.15) is 5.56 Å². The lowest BCUT2D eigenvalue weighted by atomic mass is 10.0. The summed E-state index contributed by atoms with van der Waals surface area (Å²) in [4.78, 5) is 4.82. The van der Waals surface area contributed by atoms with Crippen LogP contribution in [0.4, 0.5) is 0 Å². The van der Waals surface area contributed by atoms with Gasteiger partial charge in [-0.05, 0) is 25.1 Å². The van der Waals surface area contributed by atoms with Crippen molar-refractivity contribution in [3.8, 4) is 5.75 Å². The summed E-state index contributed by atoms with van der Waals surface area (Å²) in [5, 5.41) is 0. The van der Waals surface area contributed by atoms with Gasteiger partial charge in [-0.1, -0.05) is 18.2 Å². The van der Waals surface area contributed by atoms with Crippen LogP contribution in [-0.4, -0.2) is 62.7 Å². The van der Waals surface area contributed by atoms with E-state index < -0.39 is 0 Å². The van der Waals surface area contributed by atoms with Gasteiger partial charge in [0.05, 0.1) is 7.11 Å². The van der Waals surface area contributed by atoms with Crippen LogP contribution in [0.15, 0.2) is 24.3 Å². The highest BCUT2D eigenvalue weighted by Gasteiger charge is 2.17. The van der Waals surface area contributed by atoms with Crippen LogP contribution >= 0.6 is 0 Å². The van der Waals surface area contributed by atoms with Gasteiger partial charge in [-0.2, -0.15) is 0 Å². The van der Waals surface area contributed by atoms with E-state index in [0.29, 0.717) is 0 Å². The molecule has 1 unspecified atom stereocenters. The average Bonchev–Trinajstić information content (AvgIpc) is 2.42. The zero-order chi connectivity index (χ0) is 13.7. The normalized spacial score (nSPS) is 19.3. The molecule has 4 nitrogen and oxygen atoms in total. The fourth-order valence-corrected chi connectivity index (χ4v) is 2.58. The molecule has 1 aromatic rings. The lowest BCUT2D eigenvalue weighted by molar-refractivity contribution is 0.147. The maximum absolute atomic E-state index is 6.28. The summed E-state index contributed by atoms with van der Waals surface area (Å²) in [6.07, 6.45) is 0.871. The van der Waals surface area contributed by atoms with Gasteiger partial charge in [0, 0.05) is 38.8 Å². The Morgan fingerprint density at radius 3 is 2.58 bits per heavy atom. The Morgan fingerprint density at radius 2 is 1.89 bits per heavy atom. The van der Waals surface area contributed by atoms with E-state index in [-0.39, 0.29) is 6.04 Å². The molecule has 4 heteroatoms. The first-order chi connectivity index (χ1) is 9.19. The van der Waals surface area contributed by atoms with Crippen molar-refractivity contribution in [1.82, 2.24) is 9.80 Å². The van der Waals surface area contributed by atoms with Crippen molar-refractivity contribution in [1.29, 1.82) is 0 Å². The minimum absolute atomic E-state index is 0.166. The minimum atomic E-state index is 0.166. The highest BCUT2D eigenvalue weighted by atomic mass is 16.5. The molecule has 1 aliphatic heterocycles. The summed E-state index contributed by atoms with van der Waals surface area (Å²) in [5.74, 6) is 0.941.